The summed E-state index contributed by atoms with van der Waals surface area (Å²) in [7, 11) is 2.63. The van der Waals surface area contributed by atoms with Gasteiger partial charge in [0.05, 0.1) is 11.8 Å². The zero-order valence-electron chi connectivity index (χ0n) is 20.6. The van der Waals surface area contributed by atoms with E-state index in [0.29, 0.717) is 0 Å². The van der Waals surface area contributed by atoms with E-state index in [4.69, 9.17) is 5.73 Å². The molecule has 4 rings (SSSR count). The summed E-state index contributed by atoms with van der Waals surface area (Å²) in [6, 6.07) is -0.941. The molecule has 0 bridgehead atoms. The van der Waals surface area contributed by atoms with Crippen molar-refractivity contribution in [3.8, 4) is 5.88 Å². The van der Waals surface area contributed by atoms with E-state index in [0.717, 1.165) is 39.7 Å². The fraction of sp³-hybridized carbons (Fsp3) is 0.471. The Morgan fingerprint density at radius 2 is 2.05 bits per heavy atom. The second-order valence-corrected chi connectivity index (χ2v) is 10.5. The molecule has 0 radical (unpaired) electrons. The second kappa shape index (κ2) is 13.3. The van der Waals surface area contributed by atoms with Gasteiger partial charge in [0.2, 0.25) is 17.4 Å². The van der Waals surface area contributed by atoms with Crippen LogP contribution in [0.4, 0.5) is 5.13 Å². The van der Waals surface area contributed by atoms with Crippen LogP contribution in [-0.4, -0.2) is 89.1 Å². The van der Waals surface area contributed by atoms with Gasteiger partial charge in [0.15, 0.2) is 10.3 Å². The minimum Gasteiger partial charge on any atom is -0.854 e. The third-order valence-electron chi connectivity index (χ3n) is 5.29. The smallest absolute Gasteiger partial charge is 0.854 e. The first-order chi connectivity index (χ1) is 17.1. The summed E-state index contributed by atoms with van der Waals surface area (Å²) in [4.78, 5) is 62.8. The van der Waals surface area contributed by atoms with Gasteiger partial charge in [-0.2, -0.15) is 19.4 Å². The second-order valence-electron chi connectivity index (χ2n) is 7.68. The minimum atomic E-state index is -1.48. The van der Waals surface area contributed by atoms with E-state index in [1.54, 1.807) is 0 Å². The number of carboxylic acid groups (broad SMARTS) is 1. The van der Waals surface area contributed by atoms with Gasteiger partial charge in [0, 0.05) is 42.0 Å². The SMILES string of the molecule is CON=C(C(=O)NC1C(=O)N2CC(CSc3nc(=O)c([O-])nn3C)(C(=O)[O-])CS[C@H]12)c1nsc(N)n1.[Na+].[Na+]. The molecule has 16 nitrogen and oxygen atoms in total. The molecule has 2 amide bonds. The zero-order chi connectivity index (χ0) is 26.2. The average Bonchev–Trinajstić information content (AvgIpc) is 3.27. The molecule has 0 saturated carbocycles. The number of nitrogens with two attached hydrogens (primary N) is 1. The van der Waals surface area contributed by atoms with Gasteiger partial charge in [0.25, 0.3) is 11.5 Å². The van der Waals surface area contributed by atoms with Crippen LogP contribution in [0.2, 0.25) is 0 Å². The van der Waals surface area contributed by atoms with Crippen molar-refractivity contribution in [2.45, 2.75) is 16.6 Å². The van der Waals surface area contributed by atoms with E-state index in [1.807, 2.05) is 0 Å². The molecular weight excluding hydrogens is 584 g/mol. The number of amides is 2. The number of oxime groups is 1. The molecule has 0 aromatic carbocycles. The van der Waals surface area contributed by atoms with Crippen LogP contribution in [0.25, 0.3) is 0 Å². The number of hydrogen-bond donors (Lipinski definition) is 2. The molecule has 2 unspecified atom stereocenters. The first kappa shape index (κ1) is 32.8. The number of thioether (sulfide) groups is 2. The summed E-state index contributed by atoms with van der Waals surface area (Å²) in [5.41, 5.74) is 2.75. The number of carbonyl (C=O) groups excluding carboxylic acids is 3. The number of aliphatic carboxylic acids is 1. The van der Waals surface area contributed by atoms with E-state index >= 15 is 0 Å². The zero-order valence-corrected chi connectivity index (χ0v) is 27.0. The normalized spacial score (nSPS) is 22.3. The number of aromatic nitrogens is 5. The number of hydrogen-bond acceptors (Lipinski definition) is 16. The molecule has 2 saturated heterocycles. The molecular formula is C17H17N9Na2O7S3. The molecule has 2 aromatic heterocycles. The standard InChI is InChI=1S/C17H19N9O7S3.2Na/c1-25-16(21-10(28)11(29)22-25)35-5-17(14(31)32)3-26-12(30)7(13(26)34-4-17)19-9(27)6(23-33-2)8-20-15(18)36-24-8;;/h7,13H,3-5H2,1-2H3,(H,19,27)(H,22,29)(H,31,32)(H2,18,20,24);;/q;2*+1/p-2/t7?,13-,17?;;/m1../s1. The number of nitrogens with zero attached hydrogens (tertiary/aromatic N) is 7. The maximum absolute atomic E-state index is 12.8. The summed E-state index contributed by atoms with van der Waals surface area (Å²) >= 11 is 2.92. The quantitative estimate of drug-likeness (QED) is 0.0940. The van der Waals surface area contributed by atoms with Crippen molar-refractivity contribution in [1.82, 2.24) is 34.3 Å². The Morgan fingerprint density at radius 3 is 2.66 bits per heavy atom. The topological polar surface area (TPSA) is 234 Å². The molecule has 3 N–H and O–H groups in total. The molecule has 2 aliphatic rings. The maximum atomic E-state index is 12.8. The fourth-order valence-electron chi connectivity index (χ4n) is 3.47. The van der Waals surface area contributed by atoms with Crippen LogP contribution in [0.15, 0.2) is 15.1 Å². The fourth-order valence-corrected chi connectivity index (χ4v) is 6.66. The predicted octanol–water partition coefficient (Wildman–Crippen LogP) is -10.0. The number of carboxylic acids is 1. The molecule has 0 spiro atoms. The van der Waals surface area contributed by atoms with Crippen molar-refractivity contribution in [1.29, 1.82) is 0 Å². The molecule has 192 valence electrons. The summed E-state index contributed by atoms with van der Waals surface area (Å²) in [5.74, 6) is -3.79. The molecule has 2 aliphatic heterocycles. The molecule has 38 heavy (non-hydrogen) atoms. The summed E-state index contributed by atoms with van der Waals surface area (Å²) in [5, 5.41) is 32.8. The van der Waals surface area contributed by atoms with Crippen LogP contribution in [0.3, 0.4) is 0 Å². The number of rotatable bonds is 8. The Balaban J connectivity index is 0.00000253. The van der Waals surface area contributed by atoms with Crippen LogP contribution in [0.5, 0.6) is 5.88 Å². The number of aryl methyl sites for hydroxylation is 1. The number of nitrogen functional groups attached to an aromatic ring is 1. The molecule has 0 aliphatic carbocycles. The third-order valence-corrected chi connectivity index (χ3v) is 8.73. The van der Waals surface area contributed by atoms with Gasteiger partial charge in [0.1, 0.15) is 18.5 Å². The Bertz CT molecular complexity index is 1330. The minimum absolute atomic E-state index is 0. The van der Waals surface area contributed by atoms with E-state index in [-0.39, 0.29) is 99.0 Å². The van der Waals surface area contributed by atoms with E-state index in [1.165, 1.54) is 19.1 Å². The molecule has 21 heteroatoms. The van der Waals surface area contributed by atoms with Gasteiger partial charge < -0.3 is 35.8 Å². The molecule has 3 atom stereocenters. The van der Waals surface area contributed by atoms with Crippen LogP contribution in [0, 0.1) is 5.41 Å². The number of anilines is 1. The van der Waals surface area contributed by atoms with Crippen LogP contribution in [-0.2, 0) is 26.3 Å². The first-order valence-electron chi connectivity index (χ1n) is 9.96. The Morgan fingerprint density at radius 1 is 1.34 bits per heavy atom. The predicted molar refractivity (Wildman–Crippen MR) is 123 cm³/mol. The molecule has 2 fully saturated rings. The van der Waals surface area contributed by atoms with Crippen LogP contribution in [0.1, 0.15) is 5.82 Å². The van der Waals surface area contributed by atoms with Crippen molar-refractivity contribution in [3.05, 3.63) is 16.2 Å². The van der Waals surface area contributed by atoms with Crippen molar-refractivity contribution in [3.63, 3.8) is 0 Å². The van der Waals surface area contributed by atoms with Gasteiger partial charge in [-0.25, -0.2) is 4.68 Å². The van der Waals surface area contributed by atoms with Crippen molar-refractivity contribution < 1.29 is 88.5 Å². The summed E-state index contributed by atoms with van der Waals surface area (Å²) in [6.07, 6.45) is 0. The first-order valence-corrected chi connectivity index (χ1v) is 12.8. The molecule has 4 heterocycles. The van der Waals surface area contributed by atoms with Gasteiger partial charge in [-0.3, -0.25) is 14.4 Å². The average molecular weight is 602 g/mol. The van der Waals surface area contributed by atoms with Crippen molar-refractivity contribution in [2.75, 3.05) is 30.9 Å². The van der Waals surface area contributed by atoms with Gasteiger partial charge >= 0.3 is 59.1 Å². The summed E-state index contributed by atoms with van der Waals surface area (Å²) < 4.78 is 5.00. The number of β-lactam (4-membered cyclic amide) rings is 1. The van der Waals surface area contributed by atoms with Crippen LogP contribution < -0.4 is 85.9 Å². The Labute approximate surface area is 271 Å². The van der Waals surface area contributed by atoms with Crippen molar-refractivity contribution >= 4 is 63.7 Å². The van der Waals surface area contributed by atoms with E-state index in [2.05, 4.69) is 34.8 Å². The Kier molecular flexibility index (Phi) is 11.4. The number of fused-ring (bicyclic) bond motifs is 1. The number of nitrogens with one attached hydrogen (secondary N) is 1. The monoisotopic (exact) mass is 601 g/mol. The third kappa shape index (κ3) is 6.47. The van der Waals surface area contributed by atoms with Crippen molar-refractivity contribution in [2.24, 2.45) is 17.6 Å². The Hall–Kier alpha value is -1.45. The number of carbonyl (C=O) groups is 3. The van der Waals surface area contributed by atoms with E-state index < -0.39 is 46.1 Å². The largest absolute Gasteiger partial charge is 1.00 e. The van der Waals surface area contributed by atoms with Gasteiger partial charge in [-0.1, -0.05) is 16.9 Å². The molecule has 2 aromatic rings. The summed E-state index contributed by atoms with van der Waals surface area (Å²) in [6.45, 7) is -0.185. The van der Waals surface area contributed by atoms with Crippen LogP contribution >= 0.6 is 35.1 Å². The van der Waals surface area contributed by atoms with E-state index in [9.17, 15) is 29.4 Å². The van der Waals surface area contributed by atoms with Gasteiger partial charge in [-0.05, 0) is 0 Å². The van der Waals surface area contributed by atoms with Gasteiger partial charge in [-0.15, -0.1) is 11.8 Å². The maximum Gasteiger partial charge on any atom is 1.00 e.